The third kappa shape index (κ3) is 2230. The normalized spacial score (nSPS) is 7.00. The Kier molecular flexibility index (Phi) is 13.7. The Morgan fingerprint density at radius 3 is 1.33 bits per heavy atom. The molecular weight excluding hydrogens is 82.0 g/mol. The quantitative estimate of drug-likeness (QED) is 0.361. The van der Waals surface area contributed by atoms with E-state index >= 15 is 0 Å². The minimum Gasteiger partial charge on any atom is -0.394 e. The van der Waals surface area contributed by atoms with Crippen LogP contribution < -0.4 is 5.90 Å². The van der Waals surface area contributed by atoms with Crippen molar-refractivity contribution < 1.29 is 10.3 Å². The third-order valence-electron chi connectivity index (χ3n) is 0. The second-order valence-electron chi connectivity index (χ2n) is 1.09. The second kappa shape index (κ2) is 8.86. The van der Waals surface area contributed by atoms with Crippen molar-refractivity contribution >= 4 is 0 Å². The SMILES string of the molecule is CC(C)O.NO. The van der Waals surface area contributed by atoms with E-state index < -0.39 is 0 Å². The molecule has 40 valence electrons. The molecule has 0 radical (unpaired) electrons. The van der Waals surface area contributed by atoms with Crippen LogP contribution in [0.15, 0.2) is 0 Å². The summed E-state index contributed by atoms with van der Waals surface area (Å²) >= 11 is 0. The molecule has 0 aromatic rings. The largest absolute Gasteiger partial charge is 0.394 e. The van der Waals surface area contributed by atoms with E-state index in [-0.39, 0.29) is 6.10 Å². The van der Waals surface area contributed by atoms with Gasteiger partial charge in [0.2, 0.25) is 0 Å². The molecule has 0 unspecified atom stereocenters. The molecule has 0 aromatic carbocycles. The van der Waals surface area contributed by atoms with Crippen molar-refractivity contribution in [2.24, 2.45) is 5.90 Å². The lowest BCUT2D eigenvalue weighted by Gasteiger charge is -1.80. The summed E-state index contributed by atoms with van der Waals surface area (Å²) in [6, 6.07) is 0. The first-order valence-electron chi connectivity index (χ1n) is 1.67. The maximum atomic E-state index is 8.06. The average Bonchev–Trinajstić information content (AvgIpc) is 1.41. The van der Waals surface area contributed by atoms with Gasteiger partial charge in [0, 0.05) is 6.10 Å². The topological polar surface area (TPSA) is 66.5 Å². The number of hydrogen-bond donors (Lipinski definition) is 3. The van der Waals surface area contributed by atoms with Gasteiger partial charge in [0.05, 0.1) is 0 Å². The summed E-state index contributed by atoms with van der Waals surface area (Å²) in [7, 11) is 0. The van der Waals surface area contributed by atoms with Gasteiger partial charge in [0.15, 0.2) is 0 Å². The van der Waals surface area contributed by atoms with Gasteiger partial charge in [-0.25, -0.2) is 5.90 Å². The van der Waals surface area contributed by atoms with Gasteiger partial charge in [0.25, 0.3) is 0 Å². The van der Waals surface area contributed by atoms with E-state index in [4.69, 9.17) is 10.3 Å². The Hall–Kier alpha value is -0.120. The van der Waals surface area contributed by atoms with E-state index in [0.29, 0.717) is 0 Å². The highest BCUT2D eigenvalue weighted by Crippen LogP contribution is 1.65. The molecular formula is C3H11NO2. The van der Waals surface area contributed by atoms with E-state index in [0.717, 1.165) is 0 Å². The van der Waals surface area contributed by atoms with Crippen LogP contribution in [0, 0.1) is 0 Å². The highest BCUT2D eigenvalue weighted by Gasteiger charge is 1.69. The van der Waals surface area contributed by atoms with Gasteiger partial charge in [0.1, 0.15) is 0 Å². The van der Waals surface area contributed by atoms with Crippen LogP contribution in [0.25, 0.3) is 0 Å². The smallest absolute Gasteiger partial charge is 0.0483 e. The summed E-state index contributed by atoms with van der Waals surface area (Å²) in [5.41, 5.74) is 0. The van der Waals surface area contributed by atoms with E-state index in [9.17, 15) is 0 Å². The Labute approximate surface area is 37.4 Å². The first-order chi connectivity index (χ1) is 2.73. The average molecular weight is 93.1 g/mol. The van der Waals surface area contributed by atoms with Gasteiger partial charge in [-0.15, -0.1) is 0 Å². The lowest BCUT2D eigenvalue weighted by Crippen LogP contribution is -1.85. The fourth-order valence-electron chi connectivity index (χ4n) is 0. The molecule has 0 aliphatic heterocycles. The maximum absolute atomic E-state index is 8.06. The molecule has 0 fully saturated rings. The van der Waals surface area contributed by atoms with Gasteiger partial charge in [-0.1, -0.05) is 0 Å². The zero-order chi connectivity index (χ0) is 5.58. The summed E-state index contributed by atoms with van der Waals surface area (Å²) < 4.78 is 0. The van der Waals surface area contributed by atoms with E-state index in [2.05, 4.69) is 5.90 Å². The zero-order valence-electron chi connectivity index (χ0n) is 4.05. The number of rotatable bonds is 0. The van der Waals surface area contributed by atoms with Crippen LogP contribution in [-0.2, 0) is 0 Å². The van der Waals surface area contributed by atoms with Crippen molar-refractivity contribution in [3.8, 4) is 0 Å². The van der Waals surface area contributed by atoms with Crippen molar-refractivity contribution in [2.45, 2.75) is 20.0 Å². The lowest BCUT2D eigenvalue weighted by molar-refractivity contribution is 0.216. The molecule has 0 aliphatic carbocycles. The van der Waals surface area contributed by atoms with Crippen LogP contribution >= 0.6 is 0 Å². The molecule has 0 aliphatic rings. The van der Waals surface area contributed by atoms with Gasteiger partial charge < -0.3 is 10.3 Å². The fraction of sp³-hybridized carbons (Fsp3) is 1.00. The van der Waals surface area contributed by atoms with Crippen molar-refractivity contribution in [1.82, 2.24) is 0 Å². The maximum Gasteiger partial charge on any atom is 0.0483 e. The van der Waals surface area contributed by atoms with Gasteiger partial charge in [-0.2, -0.15) is 0 Å². The molecule has 0 saturated carbocycles. The predicted molar refractivity (Wildman–Crippen MR) is 23.3 cm³/mol. The molecule has 0 bridgehead atoms. The monoisotopic (exact) mass is 93.1 g/mol. The van der Waals surface area contributed by atoms with Crippen molar-refractivity contribution in [2.75, 3.05) is 0 Å². The molecule has 0 saturated heterocycles. The molecule has 0 heterocycles. The summed E-state index contributed by atoms with van der Waals surface area (Å²) in [5.74, 6) is 3.50. The Balaban J connectivity index is 0. The van der Waals surface area contributed by atoms with Crippen molar-refractivity contribution in [1.29, 1.82) is 0 Å². The fourth-order valence-corrected chi connectivity index (χ4v) is 0. The molecule has 0 amide bonds. The summed E-state index contributed by atoms with van der Waals surface area (Å²) in [6.45, 7) is 3.44. The number of aliphatic hydroxyl groups excluding tert-OH is 1. The van der Waals surface area contributed by atoms with Crippen LogP contribution in [-0.4, -0.2) is 16.4 Å². The molecule has 0 spiro atoms. The van der Waals surface area contributed by atoms with Crippen molar-refractivity contribution in [3.05, 3.63) is 0 Å². The number of nitrogens with two attached hydrogens (primary N) is 1. The minimum atomic E-state index is -0.167. The van der Waals surface area contributed by atoms with E-state index in [1.165, 1.54) is 0 Å². The standard InChI is InChI=1S/C3H8O.H3NO/c1-3(2)4;1-2/h3-4H,1-2H3;2H,1H2. The Morgan fingerprint density at radius 2 is 1.33 bits per heavy atom. The Morgan fingerprint density at radius 1 is 1.33 bits per heavy atom. The number of hydrogen-bond acceptors (Lipinski definition) is 3. The van der Waals surface area contributed by atoms with Crippen LogP contribution in [0.2, 0.25) is 0 Å². The first kappa shape index (κ1) is 9.30. The highest BCUT2D eigenvalue weighted by atomic mass is 16.4. The lowest BCUT2D eigenvalue weighted by atomic mass is 10.5. The summed E-state index contributed by atoms with van der Waals surface area (Å²) in [5, 5.41) is 14.6. The van der Waals surface area contributed by atoms with Crippen molar-refractivity contribution in [3.63, 3.8) is 0 Å². The predicted octanol–water partition coefficient (Wildman–Crippen LogP) is -0.279. The first-order valence-corrected chi connectivity index (χ1v) is 1.67. The summed E-state index contributed by atoms with van der Waals surface area (Å²) in [4.78, 5) is 0. The molecule has 6 heavy (non-hydrogen) atoms. The Bertz CT molecular complexity index is 13.5. The molecule has 3 nitrogen and oxygen atoms in total. The van der Waals surface area contributed by atoms with Crippen LogP contribution in [0.5, 0.6) is 0 Å². The van der Waals surface area contributed by atoms with Gasteiger partial charge >= 0.3 is 0 Å². The van der Waals surface area contributed by atoms with Crippen LogP contribution in [0.4, 0.5) is 0 Å². The molecule has 0 atom stereocenters. The molecule has 0 aromatic heterocycles. The summed E-state index contributed by atoms with van der Waals surface area (Å²) in [6.07, 6.45) is -0.167. The zero-order valence-corrected chi connectivity index (χ0v) is 4.05. The second-order valence-corrected chi connectivity index (χ2v) is 1.09. The molecule has 4 N–H and O–H groups in total. The third-order valence-corrected chi connectivity index (χ3v) is 0. The van der Waals surface area contributed by atoms with Gasteiger partial charge in [-0.05, 0) is 13.8 Å². The van der Waals surface area contributed by atoms with E-state index in [1.807, 2.05) is 0 Å². The van der Waals surface area contributed by atoms with Crippen LogP contribution in [0.3, 0.4) is 0 Å². The van der Waals surface area contributed by atoms with Gasteiger partial charge in [-0.3, -0.25) is 0 Å². The number of aliphatic hydroxyl groups is 1. The van der Waals surface area contributed by atoms with Crippen LogP contribution in [0.1, 0.15) is 13.8 Å². The molecule has 0 rings (SSSR count). The highest BCUT2D eigenvalue weighted by molar-refractivity contribution is 4.20. The molecule has 3 heteroatoms. The minimum absolute atomic E-state index is 0.167. The van der Waals surface area contributed by atoms with E-state index in [1.54, 1.807) is 13.8 Å².